The fourth-order valence-electron chi connectivity index (χ4n) is 3.71. The maximum Gasteiger partial charge on any atom is 0.348 e. The van der Waals surface area contributed by atoms with Gasteiger partial charge in [-0.25, -0.2) is 19.7 Å². The van der Waals surface area contributed by atoms with Crippen LogP contribution in [-0.4, -0.2) is 63.2 Å². The molecule has 0 atom stereocenters. The van der Waals surface area contributed by atoms with Gasteiger partial charge < -0.3 is 14.2 Å². The van der Waals surface area contributed by atoms with E-state index in [4.69, 9.17) is 9.72 Å². The van der Waals surface area contributed by atoms with Crippen LogP contribution in [0.2, 0.25) is 0 Å². The van der Waals surface area contributed by atoms with Gasteiger partial charge in [0.05, 0.1) is 18.5 Å². The molecule has 0 unspecified atom stereocenters. The minimum Gasteiger partial charge on any atom is -0.462 e. The SMILES string of the molecule is CCOC(=O)c1sc2nc(C)nc(N3CCN(Cc4nccn4C)CC3)c2c1C. The number of anilines is 1. The Morgan fingerprint density at radius 1 is 1.21 bits per heavy atom. The van der Waals surface area contributed by atoms with Crippen LogP contribution in [0, 0.1) is 13.8 Å². The van der Waals surface area contributed by atoms with E-state index in [1.54, 1.807) is 0 Å². The number of carbonyl (C=O) groups is 1. The topological polar surface area (TPSA) is 76.4 Å². The van der Waals surface area contributed by atoms with E-state index in [-0.39, 0.29) is 5.97 Å². The number of esters is 1. The van der Waals surface area contributed by atoms with Crippen molar-refractivity contribution in [2.24, 2.45) is 7.05 Å². The Labute approximate surface area is 174 Å². The fraction of sp³-hybridized carbons (Fsp3) is 0.500. The summed E-state index contributed by atoms with van der Waals surface area (Å²) in [5.41, 5.74) is 0.911. The number of ether oxygens (including phenoxy) is 1. The number of thiophene rings is 1. The van der Waals surface area contributed by atoms with Crippen molar-refractivity contribution in [2.45, 2.75) is 27.3 Å². The zero-order chi connectivity index (χ0) is 20.5. The summed E-state index contributed by atoms with van der Waals surface area (Å²) in [6.45, 7) is 10.5. The molecule has 3 aromatic rings. The van der Waals surface area contributed by atoms with Crippen molar-refractivity contribution >= 4 is 33.3 Å². The molecule has 3 aromatic heterocycles. The molecular formula is C20H26N6O2S. The summed E-state index contributed by atoms with van der Waals surface area (Å²) in [7, 11) is 2.03. The summed E-state index contributed by atoms with van der Waals surface area (Å²) in [6.07, 6.45) is 3.82. The molecule has 4 rings (SSSR count). The van der Waals surface area contributed by atoms with Gasteiger partial charge in [0, 0.05) is 45.6 Å². The van der Waals surface area contributed by atoms with E-state index in [2.05, 4.69) is 24.3 Å². The van der Waals surface area contributed by atoms with Crippen LogP contribution < -0.4 is 4.90 Å². The Kier molecular flexibility index (Phi) is 5.51. The third-order valence-electron chi connectivity index (χ3n) is 5.30. The van der Waals surface area contributed by atoms with Crippen molar-refractivity contribution in [3.05, 3.63) is 34.5 Å². The molecule has 0 N–H and O–H groups in total. The molecule has 1 fully saturated rings. The van der Waals surface area contributed by atoms with Gasteiger partial charge in [-0.3, -0.25) is 4.90 Å². The molecular weight excluding hydrogens is 388 g/mol. The zero-order valence-electron chi connectivity index (χ0n) is 17.3. The second-order valence-electron chi connectivity index (χ2n) is 7.27. The Bertz CT molecular complexity index is 1040. The predicted molar refractivity (Wildman–Crippen MR) is 114 cm³/mol. The molecule has 0 saturated carbocycles. The molecule has 1 aliphatic rings. The van der Waals surface area contributed by atoms with Crippen LogP contribution in [-0.2, 0) is 18.3 Å². The zero-order valence-corrected chi connectivity index (χ0v) is 18.1. The van der Waals surface area contributed by atoms with Crippen LogP contribution in [0.4, 0.5) is 5.82 Å². The monoisotopic (exact) mass is 414 g/mol. The van der Waals surface area contributed by atoms with E-state index in [0.29, 0.717) is 11.5 Å². The number of piperazine rings is 1. The number of rotatable bonds is 5. The summed E-state index contributed by atoms with van der Waals surface area (Å²) in [5, 5.41) is 0.973. The summed E-state index contributed by atoms with van der Waals surface area (Å²) >= 11 is 1.40. The summed E-state index contributed by atoms with van der Waals surface area (Å²) in [4.78, 5) is 32.3. The summed E-state index contributed by atoms with van der Waals surface area (Å²) < 4.78 is 7.29. The average molecular weight is 415 g/mol. The predicted octanol–water partition coefficient (Wildman–Crippen LogP) is 2.54. The van der Waals surface area contributed by atoms with Crippen molar-refractivity contribution in [3.63, 3.8) is 0 Å². The molecule has 1 saturated heterocycles. The second kappa shape index (κ2) is 8.08. The lowest BCUT2D eigenvalue weighted by Gasteiger charge is -2.35. The molecule has 0 aliphatic carbocycles. The van der Waals surface area contributed by atoms with Gasteiger partial charge >= 0.3 is 5.97 Å². The van der Waals surface area contributed by atoms with Crippen molar-refractivity contribution in [1.82, 2.24) is 24.4 Å². The maximum atomic E-state index is 12.3. The number of fused-ring (bicyclic) bond motifs is 1. The van der Waals surface area contributed by atoms with E-state index < -0.39 is 0 Å². The first-order valence-electron chi connectivity index (χ1n) is 9.86. The van der Waals surface area contributed by atoms with E-state index >= 15 is 0 Å². The van der Waals surface area contributed by atoms with Gasteiger partial charge in [-0.15, -0.1) is 11.3 Å². The van der Waals surface area contributed by atoms with Gasteiger partial charge in [0.1, 0.15) is 27.2 Å². The normalized spacial score (nSPS) is 15.2. The number of aromatic nitrogens is 4. The number of hydrogen-bond acceptors (Lipinski definition) is 8. The molecule has 9 heteroatoms. The van der Waals surface area contributed by atoms with Gasteiger partial charge in [-0.2, -0.15) is 0 Å². The maximum absolute atomic E-state index is 12.3. The van der Waals surface area contributed by atoms with Crippen molar-refractivity contribution in [1.29, 1.82) is 0 Å². The highest BCUT2D eigenvalue weighted by molar-refractivity contribution is 7.20. The van der Waals surface area contributed by atoms with Crippen LogP contribution in [0.3, 0.4) is 0 Å². The third kappa shape index (κ3) is 3.84. The lowest BCUT2D eigenvalue weighted by Crippen LogP contribution is -2.46. The molecule has 0 bridgehead atoms. The smallest absolute Gasteiger partial charge is 0.348 e. The van der Waals surface area contributed by atoms with E-state index in [0.717, 1.165) is 66.0 Å². The van der Waals surface area contributed by atoms with Crippen LogP contribution in [0.15, 0.2) is 12.4 Å². The first-order valence-corrected chi connectivity index (χ1v) is 10.7. The first-order chi connectivity index (χ1) is 14.0. The lowest BCUT2D eigenvalue weighted by atomic mass is 10.1. The van der Waals surface area contributed by atoms with Gasteiger partial charge in [0.25, 0.3) is 0 Å². The summed E-state index contributed by atoms with van der Waals surface area (Å²) in [5.74, 6) is 2.44. The highest BCUT2D eigenvalue weighted by atomic mass is 32.1. The number of carbonyl (C=O) groups excluding carboxylic acids is 1. The third-order valence-corrected chi connectivity index (χ3v) is 6.47. The Morgan fingerprint density at radius 2 is 1.97 bits per heavy atom. The molecule has 8 nitrogen and oxygen atoms in total. The fourth-order valence-corrected chi connectivity index (χ4v) is 4.82. The first kappa shape index (κ1) is 19.8. The van der Waals surface area contributed by atoms with Gasteiger partial charge in [0.15, 0.2) is 0 Å². The average Bonchev–Trinajstić information content (AvgIpc) is 3.25. The molecule has 0 radical (unpaired) electrons. The highest BCUT2D eigenvalue weighted by Gasteiger charge is 2.26. The largest absolute Gasteiger partial charge is 0.462 e. The van der Waals surface area contributed by atoms with E-state index in [1.165, 1.54) is 11.3 Å². The van der Waals surface area contributed by atoms with Crippen molar-refractivity contribution in [3.8, 4) is 0 Å². The van der Waals surface area contributed by atoms with Crippen LogP contribution >= 0.6 is 11.3 Å². The molecule has 154 valence electrons. The highest BCUT2D eigenvalue weighted by Crippen LogP contribution is 2.36. The number of aryl methyl sites for hydroxylation is 3. The number of imidazole rings is 1. The number of nitrogens with zero attached hydrogens (tertiary/aromatic N) is 6. The molecule has 0 spiro atoms. The lowest BCUT2D eigenvalue weighted by molar-refractivity contribution is 0.0531. The van der Waals surface area contributed by atoms with Gasteiger partial charge in [-0.1, -0.05) is 0 Å². The van der Waals surface area contributed by atoms with Crippen LogP contribution in [0.25, 0.3) is 10.2 Å². The van der Waals surface area contributed by atoms with E-state index in [1.807, 2.05) is 40.2 Å². The van der Waals surface area contributed by atoms with E-state index in [9.17, 15) is 4.79 Å². The molecule has 4 heterocycles. The Hall–Kier alpha value is -2.52. The standard InChI is InChI=1S/C20H26N6O2S/c1-5-28-20(27)17-13(2)16-18(22-14(3)23-19(16)29-17)26-10-8-25(9-11-26)12-15-21-6-7-24(15)4/h6-7H,5,8-12H2,1-4H3. The molecule has 29 heavy (non-hydrogen) atoms. The Morgan fingerprint density at radius 3 is 2.62 bits per heavy atom. The van der Waals surface area contributed by atoms with Crippen LogP contribution in [0.5, 0.6) is 0 Å². The molecule has 0 amide bonds. The van der Waals surface area contributed by atoms with Crippen molar-refractivity contribution < 1.29 is 9.53 Å². The summed E-state index contributed by atoms with van der Waals surface area (Å²) in [6, 6.07) is 0. The molecule has 0 aromatic carbocycles. The van der Waals surface area contributed by atoms with Gasteiger partial charge in [0.2, 0.25) is 0 Å². The minimum absolute atomic E-state index is 0.281. The van der Waals surface area contributed by atoms with Crippen LogP contribution in [0.1, 0.15) is 33.8 Å². The molecule has 1 aliphatic heterocycles. The second-order valence-corrected chi connectivity index (χ2v) is 8.27. The minimum atomic E-state index is -0.281. The van der Waals surface area contributed by atoms with Gasteiger partial charge in [-0.05, 0) is 26.3 Å². The quantitative estimate of drug-likeness (QED) is 0.594. The Balaban J connectivity index is 1.58. The number of hydrogen-bond donors (Lipinski definition) is 0. The van der Waals surface area contributed by atoms with Crippen molar-refractivity contribution in [2.75, 3.05) is 37.7 Å².